The summed E-state index contributed by atoms with van der Waals surface area (Å²) in [6.07, 6.45) is 1.46. The van der Waals surface area contributed by atoms with E-state index in [4.69, 9.17) is 5.11 Å². The number of guanidine groups is 1. The summed E-state index contributed by atoms with van der Waals surface area (Å²) in [7, 11) is 0. The highest BCUT2D eigenvalue weighted by atomic mass is 16.3. The second-order valence-corrected chi connectivity index (χ2v) is 6.02. The molecule has 1 unspecified atom stereocenters. The third-order valence-corrected chi connectivity index (χ3v) is 4.06. The molecule has 1 amide bonds. The number of nitrogens with one attached hydrogen (secondary N) is 2. The maximum absolute atomic E-state index is 12.2. The topological polar surface area (TPSA) is 77.0 Å². The zero-order chi connectivity index (χ0) is 17.2. The number of hydrogen-bond donors (Lipinski definition) is 3. The van der Waals surface area contributed by atoms with Crippen molar-refractivity contribution < 1.29 is 9.90 Å². The Hall–Kier alpha value is -2.08. The average molecular weight is 332 g/mol. The van der Waals surface area contributed by atoms with Crippen LogP contribution in [0, 0.1) is 5.92 Å². The summed E-state index contributed by atoms with van der Waals surface area (Å²) >= 11 is 0. The normalized spacial score (nSPS) is 18.1. The number of hydrogen-bond acceptors (Lipinski definition) is 3. The van der Waals surface area contributed by atoms with Gasteiger partial charge in [0.2, 0.25) is 5.91 Å². The molecule has 0 aromatic heterocycles. The Bertz CT molecular complexity index is 533. The Morgan fingerprint density at radius 1 is 1.33 bits per heavy atom. The number of aliphatic hydroxyl groups excluding tert-OH is 1. The first-order chi connectivity index (χ1) is 11.7. The Balaban J connectivity index is 1.80. The van der Waals surface area contributed by atoms with Crippen molar-refractivity contribution in [1.82, 2.24) is 15.5 Å². The summed E-state index contributed by atoms with van der Waals surface area (Å²) in [4.78, 5) is 18.6. The lowest BCUT2D eigenvalue weighted by Crippen LogP contribution is -2.39. The van der Waals surface area contributed by atoms with Crippen LogP contribution < -0.4 is 10.6 Å². The summed E-state index contributed by atoms with van der Waals surface area (Å²) in [6, 6.07) is 10.3. The van der Waals surface area contributed by atoms with Gasteiger partial charge in [-0.1, -0.05) is 30.3 Å². The fourth-order valence-corrected chi connectivity index (χ4v) is 2.84. The van der Waals surface area contributed by atoms with Gasteiger partial charge in [-0.25, -0.2) is 0 Å². The van der Waals surface area contributed by atoms with Crippen molar-refractivity contribution in [1.29, 1.82) is 0 Å². The molecular formula is C18H28N4O2. The first-order valence-electron chi connectivity index (χ1n) is 8.67. The van der Waals surface area contributed by atoms with Crippen LogP contribution >= 0.6 is 0 Å². The zero-order valence-corrected chi connectivity index (χ0v) is 14.4. The van der Waals surface area contributed by atoms with E-state index in [9.17, 15) is 4.79 Å². The molecule has 0 radical (unpaired) electrons. The number of amides is 1. The van der Waals surface area contributed by atoms with Crippen LogP contribution in [0.3, 0.4) is 0 Å². The van der Waals surface area contributed by atoms with Crippen molar-refractivity contribution in [3.05, 3.63) is 35.9 Å². The van der Waals surface area contributed by atoms with E-state index in [-0.39, 0.29) is 18.4 Å². The smallest absolute Gasteiger partial charge is 0.223 e. The minimum Gasteiger partial charge on any atom is -0.395 e. The van der Waals surface area contributed by atoms with Crippen molar-refractivity contribution in [2.75, 3.05) is 39.3 Å². The molecule has 0 saturated carbocycles. The van der Waals surface area contributed by atoms with Crippen molar-refractivity contribution in [2.45, 2.75) is 19.8 Å². The Morgan fingerprint density at radius 3 is 2.83 bits per heavy atom. The van der Waals surface area contributed by atoms with E-state index in [0.717, 1.165) is 26.1 Å². The lowest BCUT2D eigenvalue weighted by atomic mass is 10.1. The lowest BCUT2D eigenvalue weighted by Gasteiger charge is -2.16. The van der Waals surface area contributed by atoms with Gasteiger partial charge in [0, 0.05) is 45.1 Å². The molecule has 1 aromatic rings. The molecule has 132 valence electrons. The number of aliphatic imine (C=N–C) groups is 1. The quantitative estimate of drug-likeness (QED) is 0.482. The van der Waals surface area contributed by atoms with Gasteiger partial charge in [0.25, 0.3) is 0 Å². The van der Waals surface area contributed by atoms with E-state index in [2.05, 4.69) is 27.8 Å². The van der Waals surface area contributed by atoms with Gasteiger partial charge in [0.1, 0.15) is 0 Å². The van der Waals surface area contributed by atoms with E-state index < -0.39 is 0 Å². The highest BCUT2D eigenvalue weighted by molar-refractivity contribution is 5.80. The summed E-state index contributed by atoms with van der Waals surface area (Å²) < 4.78 is 0. The van der Waals surface area contributed by atoms with E-state index >= 15 is 0 Å². The van der Waals surface area contributed by atoms with Gasteiger partial charge in [0.15, 0.2) is 5.96 Å². The first kappa shape index (κ1) is 18.3. The molecule has 1 aromatic carbocycles. The van der Waals surface area contributed by atoms with Crippen molar-refractivity contribution in [2.24, 2.45) is 10.9 Å². The van der Waals surface area contributed by atoms with Gasteiger partial charge in [0.05, 0.1) is 6.61 Å². The molecule has 6 nitrogen and oxygen atoms in total. The largest absolute Gasteiger partial charge is 0.395 e. The molecule has 1 aliphatic heterocycles. The molecule has 24 heavy (non-hydrogen) atoms. The monoisotopic (exact) mass is 332 g/mol. The van der Waals surface area contributed by atoms with Crippen LogP contribution in [0.4, 0.5) is 0 Å². The van der Waals surface area contributed by atoms with Gasteiger partial charge in [-0.05, 0) is 18.9 Å². The van der Waals surface area contributed by atoms with E-state index in [1.807, 2.05) is 30.0 Å². The molecule has 1 fully saturated rings. The minimum atomic E-state index is 0.0690. The van der Waals surface area contributed by atoms with Crippen LogP contribution in [0.15, 0.2) is 35.3 Å². The molecule has 3 N–H and O–H groups in total. The zero-order valence-electron chi connectivity index (χ0n) is 14.4. The molecule has 1 aliphatic rings. The molecule has 2 rings (SSSR count). The number of aliphatic hydroxyl groups is 1. The molecule has 1 atom stereocenters. The van der Waals surface area contributed by atoms with Crippen LogP contribution in [-0.4, -0.2) is 61.2 Å². The summed E-state index contributed by atoms with van der Waals surface area (Å²) in [5.41, 5.74) is 1.26. The standard InChI is InChI=1S/C18H28N4O2/c1-2-19-18(20-9-11-23)21-13-16-12-17(24)22(14-16)10-8-15-6-4-3-5-7-15/h3-7,16,23H,2,8-14H2,1H3,(H2,19,20,21). The van der Waals surface area contributed by atoms with E-state index in [1.54, 1.807) is 0 Å². The fraction of sp³-hybridized carbons (Fsp3) is 0.556. The van der Waals surface area contributed by atoms with Crippen molar-refractivity contribution in [3.63, 3.8) is 0 Å². The third-order valence-electron chi connectivity index (χ3n) is 4.06. The number of likely N-dealkylation sites (tertiary alicyclic amines) is 1. The number of rotatable bonds is 8. The van der Waals surface area contributed by atoms with Crippen LogP contribution in [0.1, 0.15) is 18.9 Å². The molecule has 1 heterocycles. The first-order valence-corrected chi connectivity index (χ1v) is 8.67. The highest BCUT2D eigenvalue weighted by Gasteiger charge is 2.28. The molecule has 0 spiro atoms. The van der Waals surface area contributed by atoms with Crippen LogP contribution in [0.25, 0.3) is 0 Å². The Labute approximate surface area is 144 Å². The average Bonchev–Trinajstić information content (AvgIpc) is 2.96. The van der Waals surface area contributed by atoms with Gasteiger partial charge < -0.3 is 20.6 Å². The lowest BCUT2D eigenvalue weighted by molar-refractivity contribution is -0.127. The second-order valence-electron chi connectivity index (χ2n) is 6.02. The molecule has 1 saturated heterocycles. The van der Waals surface area contributed by atoms with Gasteiger partial charge in [-0.3, -0.25) is 9.79 Å². The summed E-state index contributed by atoms with van der Waals surface area (Å²) in [6.45, 7) is 5.47. The fourth-order valence-electron chi connectivity index (χ4n) is 2.84. The number of benzene rings is 1. The summed E-state index contributed by atoms with van der Waals surface area (Å²) in [5.74, 6) is 1.18. The van der Waals surface area contributed by atoms with Gasteiger partial charge in [-0.2, -0.15) is 0 Å². The predicted octanol–water partition coefficient (Wildman–Crippen LogP) is 0.625. The SMILES string of the molecule is CCNC(=NCC1CC(=O)N(CCc2ccccc2)C1)NCCO. The number of nitrogens with zero attached hydrogens (tertiary/aromatic N) is 2. The third kappa shape index (κ3) is 5.85. The van der Waals surface area contributed by atoms with Crippen molar-refractivity contribution >= 4 is 11.9 Å². The van der Waals surface area contributed by atoms with Crippen molar-refractivity contribution in [3.8, 4) is 0 Å². The van der Waals surface area contributed by atoms with Gasteiger partial charge in [-0.15, -0.1) is 0 Å². The number of carbonyl (C=O) groups excluding carboxylic acids is 1. The maximum Gasteiger partial charge on any atom is 0.223 e. The Kier molecular flexibility index (Phi) is 7.55. The second kappa shape index (κ2) is 9.93. The van der Waals surface area contributed by atoms with Crippen LogP contribution in [-0.2, 0) is 11.2 Å². The van der Waals surface area contributed by atoms with E-state index in [1.165, 1.54) is 5.56 Å². The summed E-state index contributed by atoms with van der Waals surface area (Å²) in [5, 5.41) is 15.1. The Morgan fingerprint density at radius 2 is 2.12 bits per heavy atom. The molecule has 6 heteroatoms. The minimum absolute atomic E-state index is 0.0690. The predicted molar refractivity (Wildman–Crippen MR) is 95.9 cm³/mol. The molecule has 0 aliphatic carbocycles. The number of carbonyl (C=O) groups is 1. The molecular weight excluding hydrogens is 304 g/mol. The highest BCUT2D eigenvalue weighted by Crippen LogP contribution is 2.18. The van der Waals surface area contributed by atoms with E-state index in [0.29, 0.717) is 25.5 Å². The molecule has 0 bridgehead atoms. The van der Waals surface area contributed by atoms with Crippen LogP contribution in [0.5, 0.6) is 0 Å². The van der Waals surface area contributed by atoms with Crippen LogP contribution in [0.2, 0.25) is 0 Å². The maximum atomic E-state index is 12.2. The van der Waals surface area contributed by atoms with Gasteiger partial charge >= 0.3 is 0 Å².